The summed E-state index contributed by atoms with van der Waals surface area (Å²) in [6.45, 7) is 2.57. The van der Waals surface area contributed by atoms with Crippen LogP contribution in [0, 0.1) is 0 Å². The molecule has 5 aromatic rings. The zero-order chi connectivity index (χ0) is 23.1. The number of nitrogens with zero attached hydrogens (tertiary/aromatic N) is 8. The van der Waals surface area contributed by atoms with Crippen molar-refractivity contribution < 1.29 is 9.53 Å². The summed E-state index contributed by atoms with van der Waals surface area (Å²) in [7, 11) is 1.91. The van der Waals surface area contributed by atoms with E-state index in [1.165, 1.54) is 0 Å². The van der Waals surface area contributed by atoms with Crippen LogP contribution < -0.4 is 5.32 Å². The summed E-state index contributed by atoms with van der Waals surface area (Å²) in [6, 6.07) is 12.0. The molecule has 1 N–H and O–H groups in total. The highest BCUT2D eigenvalue weighted by Gasteiger charge is 2.18. The molecular weight excluding hydrogens is 434 g/mol. The van der Waals surface area contributed by atoms with Gasteiger partial charge in [-0.15, -0.1) is 5.10 Å². The van der Waals surface area contributed by atoms with Crippen LogP contribution in [0.15, 0.2) is 55.0 Å². The van der Waals surface area contributed by atoms with Crippen molar-refractivity contribution in [1.82, 2.24) is 39.1 Å². The van der Waals surface area contributed by atoms with Crippen LogP contribution in [-0.2, 0) is 23.1 Å². The largest absolute Gasteiger partial charge is 0.378 e. The number of morpholine rings is 1. The maximum Gasteiger partial charge on any atom is 0.247 e. The van der Waals surface area contributed by atoms with Crippen molar-refractivity contribution in [1.29, 1.82) is 0 Å². The van der Waals surface area contributed by atoms with Gasteiger partial charge in [-0.25, -0.2) is 4.52 Å². The Labute approximate surface area is 194 Å². The number of benzene rings is 1. The summed E-state index contributed by atoms with van der Waals surface area (Å²) in [5.74, 6) is 0.480. The number of anilines is 2. The molecule has 0 unspecified atom stereocenters. The van der Waals surface area contributed by atoms with E-state index in [4.69, 9.17) is 4.74 Å². The number of aromatic nitrogens is 7. The predicted molar refractivity (Wildman–Crippen MR) is 126 cm³/mol. The highest BCUT2D eigenvalue weighted by molar-refractivity contribution is 5.84. The molecule has 0 aliphatic carbocycles. The van der Waals surface area contributed by atoms with Gasteiger partial charge in [-0.3, -0.25) is 14.2 Å². The Morgan fingerprint density at radius 1 is 1.12 bits per heavy atom. The standard InChI is InChI=1S/C23H23N9O2/c1-29-13-17-11-16(5-6-19(17)27-29)20-3-2-4-21-26-23(28-32(20)21)25-18-12-24-31(14-18)15-22(33)30-7-9-34-10-8-30/h2-6,11-14H,7-10,15H2,1H3,(H,25,28). The molecule has 0 atom stereocenters. The molecule has 1 aliphatic rings. The number of amides is 1. The van der Waals surface area contributed by atoms with E-state index in [-0.39, 0.29) is 12.5 Å². The summed E-state index contributed by atoms with van der Waals surface area (Å²) in [5, 5.41) is 17.7. The lowest BCUT2D eigenvalue weighted by Gasteiger charge is -2.26. The Morgan fingerprint density at radius 2 is 2.00 bits per heavy atom. The molecule has 1 amide bonds. The Kier molecular flexibility index (Phi) is 4.95. The van der Waals surface area contributed by atoms with Crippen LogP contribution in [0.5, 0.6) is 0 Å². The van der Waals surface area contributed by atoms with Crippen molar-refractivity contribution in [2.75, 3.05) is 31.6 Å². The quantitative estimate of drug-likeness (QED) is 0.431. The molecule has 172 valence electrons. The molecule has 4 aromatic heterocycles. The number of ether oxygens (including phenoxy) is 1. The van der Waals surface area contributed by atoms with Gasteiger partial charge in [-0.2, -0.15) is 15.2 Å². The van der Waals surface area contributed by atoms with Gasteiger partial charge in [-0.1, -0.05) is 12.1 Å². The number of pyridine rings is 1. The second kappa shape index (κ2) is 8.27. The fourth-order valence-electron chi connectivity index (χ4n) is 4.18. The van der Waals surface area contributed by atoms with E-state index in [1.54, 1.807) is 26.7 Å². The van der Waals surface area contributed by atoms with Gasteiger partial charge < -0.3 is 15.0 Å². The first kappa shape index (κ1) is 20.4. The van der Waals surface area contributed by atoms with Gasteiger partial charge in [0.15, 0.2) is 5.65 Å². The van der Waals surface area contributed by atoms with Crippen LogP contribution in [0.25, 0.3) is 27.8 Å². The minimum atomic E-state index is 0.0269. The molecule has 0 spiro atoms. The van der Waals surface area contributed by atoms with E-state index >= 15 is 0 Å². The molecule has 6 rings (SSSR count). The first-order chi connectivity index (χ1) is 16.6. The van der Waals surface area contributed by atoms with Crippen molar-refractivity contribution >= 4 is 34.1 Å². The maximum atomic E-state index is 12.5. The van der Waals surface area contributed by atoms with Crippen molar-refractivity contribution in [2.24, 2.45) is 7.05 Å². The van der Waals surface area contributed by atoms with E-state index in [9.17, 15) is 4.79 Å². The van der Waals surface area contributed by atoms with Gasteiger partial charge in [-0.05, 0) is 24.3 Å². The molecular formula is C23H23N9O2. The lowest BCUT2D eigenvalue weighted by molar-refractivity contribution is -0.136. The van der Waals surface area contributed by atoms with Crippen molar-refractivity contribution in [3.63, 3.8) is 0 Å². The molecule has 1 aliphatic heterocycles. The van der Waals surface area contributed by atoms with E-state index in [0.29, 0.717) is 37.9 Å². The molecule has 1 aromatic carbocycles. The number of hydrogen-bond acceptors (Lipinski definition) is 7. The van der Waals surface area contributed by atoms with Crippen LogP contribution in [0.1, 0.15) is 0 Å². The lowest BCUT2D eigenvalue weighted by Crippen LogP contribution is -2.42. The molecule has 0 saturated carbocycles. The monoisotopic (exact) mass is 457 g/mol. The van der Waals surface area contributed by atoms with Crippen LogP contribution in [0.4, 0.5) is 11.6 Å². The second-order valence-corrected chi connectivity index (χ2v) is 8.24. The van der Waals surface area contributed by atoms with Crippen LogP contribution in [0.2, 0.25) is 0 Å². The van der Waals surface area contributed by atoms with Crippen molar-refractivity contribution in [3.8, 4) is 11.3 Å². The fourth-order valence-corrected chi connectivity index (χ4v) is 4.18. The summed E-state index contributed by atoms with van der Waals surface area (Å²) in [4.78, 5) is 18.9. The first-order valence-corrected chi connectivity index (χ1v) is 11.1. The predicted octanol–water partition coefficient (Wildman–Crippen LogP) is 2.08. The number of rotatable bonds is 5. The average molecular weight is 457 g/mol. The van der Waals surface area contributed by atoms with Gasteiger partial charge in [0, 0.05) is 43.5 Å². The molecule has 11 heteroatoms. The molecule has 0 radical (unpaired) electrons. The highest BCUT2D eigenvalue weighted by Crippen LogP contribution is 2.25. The first-order valence-electron chi connectivity index (χ1n) is 11.1. The second-order valence-electron chi connectivity index (χ2n) is 8.24. The van der Waals surface area contributed by atoms with E-state index in [2.05, 4.69) is 31.7 Å². The topological polar surface area (TPSA) is 107 Å². The Balaban J connectivity index is 1.22. The van der Waals surface area contributed by atoms with Gasteiger partial charge >= 0.3 is 0 Å². The Hall–Kier alpha value is -4.25. The van der Waals surface area contributed by atoms with Gasteiger partial charge in [0.2, 0.25) is 11.9 Å². The van der Waals surface area contributed by atoms with E-state index in [0.717, 1.165) is 27.8 Å². The van der Waals surface area contributed by atoms with E-state index in [1.807, 2.05) is 48.1 Å². The molecule has 1 fully saturated rings. The zero-order valence-corrected chi connectivity index (χ0v) is 18.6. The number of hydrogen-bond donors (Lipinski definition) is 1. The summed E-state index contributed by atoms with van der Waals surface area (Å²) < 4.78 is 10.5. The maximum absolute atomic E-state index is 12.5. The molecule has 0 bridgehead atoms. The number of carbonyl (C=O) groups excluding carboxylic acids is 1. The minimum absolute atomic E-state index is 0.0269. The smallest absolute Gasteiger partial charge is 0.247 e. The number of nitrogens with one attached hydrogen (secondary N) is 1. The SMILES string of the molecule is Cn1cc2cc(-c3cccc4nc(Nc5cnn(CC(=O)N6CCOCC6)c5)nn34)ccc2n1. The van der Waals surface area contributed by atoms with Crippen LogP contribution in [0.3, 0.4) is 0 Å². The van der Waals surface area contributed by atoms with E-state index < -0.39 is 0 Å². The fraction of sp³-hybridized carbons (Fsp3) is 0.261. The Bertz CT molecular complexity index is 1490. The third-order valence-corrected chi connectivity index (χ3v) is 5.82. The summed E-state index contributed by atoms with van der Waals surface area (Å²) in [5.41, 5.74) is 4.33. The van der Waals surface area contributed by atoms with Gasteiger partial charge in [0.05, 0.1) is 36.3 Å². The van der Waals surface area contributed by atoms with Crippen molar-refractivity contribution in [2.45, 2.75) is 6.54 Å². The number of carbonyl (C=O) groups is 1. The van der Waals surface area contributed by atoms with Crippen LogP contribution in [-0.4, -0.2) is 71.3 Å². The van der Waals surface area contributed by atoms with Gasteiger partial charge in [0.25, 0.3) is 0 Å². The number of aryl methyl sites for hydroxylation is 1. The summed E-state index contributed by atoms with van der Waals surface area (Å²) >= 11 is 0. The van der Waals surface area contributed by atoms with Gasteiger partial charge in [0.1, 0.15) is 6.54 Å². The highest BCUT2D eigenvalue weighted by atomic mass is 16.5. The molecule has 34 heavy (non-hydrogen) atoms. The van der Waals surface area contributed by atoms with Crippen LogP contribution >= 0.6 is 0 Å². The third kappa shape index (κ3) is 3.86. The molecule has 11 nitrogen and oxygen atoms in total. The lowest BCUT2D eigenvalue weighted by atomic mass is 10.1. The van der Waals surface area contributed by atoms with Crippen molar-refractivity contribution in [3.05, 3.63) is 55.0 Å². The average Bonchev–Trinajstić information content (AvgIpc) is 3.56. The molecule has 1 saturated heterocycles. The third-order valence-electron chi connectivity index (χ3n) is 5.82. The normalized spacial score (nSPS) is 14.2. The number of fused-ring (bicyclic) bond motifs is 2. The zero-order valence-electron chi connectivity index (χ0n) is 18.6. The summed E-state index contributed by atoms with van der Waals surface area (Å²) in [6.07, 6.45) is 5.44. The Morgan fingerprint density at radius 3 is 2.88 bits per heavy atom. The minimum Gasteiger partial charge on any atom is -0.378 e. The molecule has 5 heterocycles.